The molecule has 0 fully saturated rings. The molecule has 0 bridgehead atoms. The standard InChI is InChI=1S/C16H18N4O4S.ClH/c17-7-10-24-13-5-3-12(4-6-13)18-16(21)14-2-1-8-20-9-11-25(22,23)19-15(14)20;/h1-6,8H,7,9-11,17H2,(H,18,21);1H. The lowest BCUT2D eigenvalue weighted by Crippen LogP contribution is -2.40. The number of hydrogen-bond donors (Lipinski definition) is 2. The Bertz CT molecular complexity index is 863. The summed E-state index contributed by atoms with van der Waals surface area (Å²) in [7, 11) is -3.54. The summed E-state index contributed by atoms with van der Waals surface area (Å²) in [5, 5.41) is 2.73. The maximum Gasteiger partial charge on any atom is 0.259 e. The summed E-state index contributed by atoms with van der Waals surface area (Å²) in [6.45, 7) is 1.10. The van der Waals surface area contributed by atoms with Crippen LogP contribution in [0.3, 0.4) is 0 Å². The molecule has 2 aliphatic rings. The summed E-state index contributed by atoms with van der Waals surface area (Å²) in [6, 6.07) is 6.82. The van der Waals surface area contributed by atoms with E-state index in [1.165, 1.54) is 0 Å². The van der Waals surface area contributed by atoms with Crippen molar-refractivity contribution in [3.63, 3.8) is 0 Å². The SMILES string of the molecule is Cl.NCCOc1ccc(NC(=O)C2=CC=CN3CCS(=O)(=O)N=C23)cc1. The van der Waals surface area contributed by atoms with E-state index in [4.69, 9.17) is 10.5 Å². The van der Waals surface area contributed by atoms with Gasteiger partial charge in [-0.15, -0.1) is 16.8 Å². The smallest absolute Gasteiger partial charge is 0.259 e. The van der Waals surface area contributed by atoms with Gasteiger partial charge in [0, 0.05) is 25.0 Å². The Morgan fingerprint density at radius 2 is 2.04 bits per heavy atom. The molecule has 8 nitrogen and oxygen atoms in total. The first-order valence-corrected chi connectivity index (χ1v) is 9.32. The molecule has 3 rings (SSSR count). The van der Waals surface area contributed by atoms with E-state index in [0.717, 1.165) is 0 Å². The molecule has 1 amide bonds. The molecule has 10 heteroatoms. The summed E-state index contributed by atoms with van der Waals surface area (Å²) in [5.41, 5.74) is 6.14. The van der Waals surface area contributed by atoms with Crippen LogP contribution in [0, 0.1) is 0 Å². The highest BCUT2D eigenvalue weighted by Crippen LogP contribution is 2.20. The zero-order valence-electron chi connectivity index (χ0n) is 13.8. The molecule has 0 aromatic heterocycles. The third kappa shape index (κ3) is 4.63. The lowest BCUT2D eigenvalue weighted by atomic mass is 10.1. The van der Waals surface area contributed by atoms with Crippen LogP contribution in [0.1, 0.15) is 0 Å². The fraction of sp³-hybridized carbons (Fsp3) is 0.250. The van der Waals surface area contributed by atoms with Gasteiger partial charge >= 0.3 is 0 Å². The number of halogens is 1. The van der Waals surface area contributed by atoms with Crippen molar-refractivity contribution in [2.45, 2.75) is 0 Å². The van der Waals surface area contributed by atoms with Crippen molar-refractivity contribution in [1.82, 2.24) is 4.90 Å². The molecule has 140 valence electrons. The van der Waals surface area contributed by atoms with E-state index in [1.807, 2.05) is 0 Å². The second kappa shape index (κ2) is 8.35. The second-order valence-electron chi connectivity index (χ2n) is 5.43. The number of fused-ring (bicyclic) bond motifs is 1. The number of benzene rings is 1. The largest absolute Gasteiger partial charge is 0.492 e. The van der Waals surface area contributed by atoms with Crippen LogP contribution in [0.25, 0.3) is 0 Å². The number of rotatable bonds is 5. The first-order chi connectivity index (χ1) is 12.0. The molecule has 0 saturated heterocycles. The first-order valence-electron chi connectivity index (χ1n) is 7.71. The van der Waals surface area contributed by atoms with Crippen molar-refractivity contribution in [1.29, 1.82) is 0 Å². The maximum absolute atomic E-state index is 12.5. The molecule has 0 radical (unpaired) electrons. The molecule has 1 aromatic rings. The summed E-state index contributed by atoms with van der Waals surface area (Å²) >= 11 is 0. The van der Waals surface area contributed by atoms with Gasteiger partial charge in [-0.2, -0.15) is 0 Å². The quantitative estimate of drug-likeness (QED) is 0.761. The van der Waals surface area contributed by atoms with Gasteiger partial charge < -0.3 is 20.7 Å². The summed E-state index contributed by atoms with van der Waals surface area (Å²) in [4.78, 5) is 14.2. The zero-order chi connectivity index (χ0) is 17.9. The molecule has 1 aromatic carbocycles. The van der Waals surface area contributed by atoms with Crippen molar-refractivity contribution in [3.05, 3.63) is 48.2 Å². The number of nitrogens with zero attached hydrogens (tertiary/aromatic N) is 2. The number of anilines is 1. The fourth-order valence-electron chi connectivity index (χ4n) is 2.40. The highest BCUT2D eigenvalue weighted by molar-refractivity contribution is 7.90. The lowest BCUT2D eigenvalue weighted by molar-refractivity contribution is -0.112. The van der Waals surface area contributed by atoms with E-state index in [-0.39, 0.29) is 36.1 Å². The lowest BCUT2D eigenvalue weighted by Gasteiger charge is -2.28. The topological polar surface area (TPSA) is 114 Å². The first kappa shape index (κ1) is 20.0. The fourth-order valence-corrected chi connectivity index (χ4v) is 3.39. The Balaban J connectivity index is 0.00000243. The average Bonchev–Trinajstić information content (AvgIpc) is 2.60. The molecule has 26 heavy (non-hydrogen) atoms. The Labute approximate surface area is 157 Å². The summed E-state index contributed by atoms with van der Waals surface area (Å²) in [6.07, 6.45) is 4.94. The molecule has 3 N–H and O–H groups in total. The Hall–Kier alpha value is -2.36. The van der Waals surface area contributed by atoms with Crippen LogP contribution in [-0.2, 0) is 14.8 Å². The number of hydrogen-bond acceptors (Lipinski definition) is 6. The molecular formula is C16H19ClN4O4S. The summed E-state index contributed by atoms with van der Waals surface area (Å²) < 4.78 is 32.6. The Kier molecular flexibility index (Phi) is 6.41. The van der Waals surface area contributed by atoms with Crippen LogP contribution in [0.4, 0.5) is 5.69 Å². The van der Waals surface area contributed by atoms with Crippen LogP contribution in [-0.4, -0.2) is 50.5 Å². The summed E-state index contributed by atoms with van der Waals surface area (Å²) in [5.74, 6) is 0.298. The highest BCUT2D eigenvalue weighted by atomic mass is 35.5. The number of ether oxygens (including phenoxy) is 1. The van der Waals surface area contributed by atoms with Crippen molar-refractivity contribution < 1.29 is 17.9 Å². The van der Waals surface area contributed by atoms with Crippen LogP contribution in [0.5, 0.6) is 5.75 Å². The number of amidine groups is 1. The normalized spacial score (nSPS) is 17.3. The molecule has 0 saturated carbocycles. The van der Waals surface area contributed by atoms with Gasteiger partial charge in [-0.1, -0.05) is 0 Å². The van der Waals surface area contributed by atoms with Gasteiger partial charge in [0.2, 0.25) is 0 Å². The van der Waals surface area contributed by atoms with Gasteiger partial charge in [0.1, 0.15) is 12.4 Å². The van der Waals surface area contributed by atoms with Gasteiger partial charge in [-0.3, -0.25) is 4.79 Å². The highest BCUT2D eigenvalue weighted by Gasteiger charge is 2.29. The Morgan fingerprint density at radius 1 is 1.31 bits per heavy atom. The minimum atomic E-state index is -3.54. The third-order valence-electron chi connectivity index (χ3n) is 3.60. The van der Waals surface area contributed by atoms with Gasteiger partial charge in [0.15, 0.2) is 5.84 Å². The van der Waals surface area contributed by atoms with Gasteiger partial charge in [-0.05, 0) is 36.4 Å². The zero-order valence-corrected chi connectivity index (χ0v) is 15.4. The number of sulfonamides is 1. The Morgan fingerprint density at radius 3 is 2.73 bits per heavy atom. The van der Waals surface area contributed by atoms with Crippen molar-refractivity contribution >= 4 is 39.9 Å². The van der Waals surface area contributed by atoms with E-state index in [1.54, 1.807) is 47.5 Å². The molecule has 2 heterocycles. The molecule has 0 spiro atoms. The number of nitrogens with two attached hydrogens (primary N) is 1. The van der Waals surface area contributed by atoms with Crippen molar-refractivity contribution in [3.8, 4) is 5.75 Å². The van der Waals surface area contributed by atoms with Crippen LogP contribution in [0.15, 0.2) is 52.6 Å². The monoisotopic (exact) mass is 398 g/mol. The predicted molar refractivity (Wildman–Crippen MR) is 102 cm³/mol. The predicted octanol–water partition coefficient (Wildman–Crippen LogP) is 0.882. The van der Waals surface area contributed by atoms with Crippen LogP contribution >= 0.6 is 12.4 Å². The second-order valence-corrected chi connectivity index (χ2v) is 7.19. The van der Waals surface area contributed by atoms with Crippen LogP contribution < -0.4 is 15.8 Å². The molecule has 0 atom stereocenters. The molecule has 2 aliphatic heterocycles. The van der Waals surface area contributed by atoms with Gasteiger partial charge in [0.25, 0.3) is 15.9 Å². The van der Waals surface area contributed by atoms with Gasteiger partial charge in [-0.25, -0.2) is 8.42 Å². The minimum absolute atomic E-state index is 0. The van der Waals surface area contributed by atoms with E-state index in [0.29, 0.717) is 24.6 Å². The van der Waals surface area contributed by atoms with Crippen LogP contribution in [0.2, 0.25) is 0 Å². The number of amides is 1. The van der Waals surface area contributed by atoms with E-state index in [2.05, 4.69) is 9.71 Å². The third-order valence-corrected chi connectivity index (χ3v) is 4.75. The number of allylic oxidation sites excluding steroid dienone is 2. The maximum atomic E-state index is 12.5. The van der Waals surface area contributed by atoms with Crippen molar-refractivity contribution in [2.24, 2.45) is 10.1 Å². The molecule has 0 unspecified atom stereocenters. The number of carbonyl (C=O) groups is 1. The van der Waals surface area contributed by atoms with E-state index in [9.17, 15) is 13.2 Å². The van der Waals surface area contributed by atoms with Gasteiger partial charge in [0.05, 0.1) is 11.3 Å². The molecule has 0 aliphatic carbocycles. The minimum Gasteiger partial charge on any atom is -0.492 e. The van der Waals surface area contributed by atoms with E-state index >= 15 is 0 Å². The van der Waals surface area contributed by atoms with Crippen molar-refractivity contribution in [2.75, 3.05) is 30.8 Å². The average molecular weight is 399 g/mol. The number of carbonyl (C=O) groups excluding carboxylic acids is 1. The van der Waals surface area contributed by atoms with E-state index < -0.39 is 15.9 Å². The number of nitrogens with one attached hydrogen (secondary N) is 1. The molecular weight excluding hydrogens is 380 g/mol.